The van der Waals surface area contributed by atoms with Gasteiger partial charge in [0, 0.05) is 24.1 Å². The minimum atomic E-state index is -0.741. The SMILES string of the molecule is Cc1ccccc1C(O)CNC(=O)c1ccc2c(c1)CCCC2=O. The Balaban J connectivity index is 1.67. The van der Waals surface area contributed by atoms with Gasteiger partial charge in [-0.2, -0.15) is 0 Å². The van der Waals surface area contributed by atoms with Crippen LogP contribution in [0, 0.1) is 6.92 Å². The van der Waals surface area contributed by atoms with Crippen LogP contribution in [0.4, 0.5) is 0 Å². The molecule has 4 nitrogen and oxygen atoms in total. The second-order valence-corrected chi connectivity index (χ2v) is 6.23. The van der Waals surface area contributed by atoms with E-state index in [0.29, 0.717) is 12.0 Å². The number of aliphatic hydroxyl groups is 1. The third kappa shape index (κ3) is 3.39. The zero-order valence-corrected chi connectivity index (χ0v) is 13.7. The molecular weight excluding hydrogens is 302 g/mol. The van der Waals surface area contributed by atoms with Crippen molar-refractivity contribution < 1.29 is 14.7 Å². The Morgan fingerprint density at radius 3 is 2.79 bits per heavy atom. The summed E-state index contributed by atoms with van der Waals surface area (Å²) in [6, 6.07) is 12.8. The van der Waals surface area contributed by atoms with Crippen LogP contribution in [0.5, 0.6) is 0 Å². The Morgan fingerprint density at radius 2 is 2.00 bits per heavy atom. The van der Waals surface area contributed by atoms with Gasteiger partial charge in [0.1, 0.15) is 0 Å². The summed E-state index contributed by atoms with van der Waals surface area (Å²) in [6.45, 7) is 2.08. The van der Waals surface area contributed by atoms with Crippen molar-refractivity contribution in [3.8, 4) is 0 Å². The van der Waals surface area contributed by atoms with Crippen molar-refractivity contribution in [1.82, 2.24) is 5.32 Å². The van der Waals surface area contributed by atoms with Crippen molar-refractivity contribution in [2.24, 2.45) is 0 Å². The molecular formula is C20H21NO3. The maximum absolute atomic E-state index is 12.3. The summed E-state index contributed by atoms with van der Waals surface area (Å²) in [5.41, 5.74) is 4.01. The van der Waals surface area contributed by atoms with Crippen molar-refractivity contribution in [1.29, 1.82) is 0 Å². The fourth-order valence-corrected chi connectivity index (χ4v) is 3.15. The number of ketones is 1. The molecule has 0 spiro atoms. The molecule has 2 aromatic rings. The highest BCUT2D eigenvalue weighted by Crippen LogP contribution is 2.22. The van der Waals surface area contributed by atoms with Gasteiger partial charge in [0.15, 0.2) is 5.78 Å². The Bertz CT molecular complexity index is 782. The number of fused-ring (bicyclic) bond motifs is 1. The Morgan fingerprint density at radius 1 is 1.21 bits per heavy atom. The van der Waals surface area contributed by atoms with Gasteiger partial charge >= 0.3 is 0 Å². The van der Waals surface area contributed by atoms with E-state index in [1.807, 2.05) is 31.2 Å². The van der Waals surface area contributed by atoms with Crippen LogP contribution >= 0.6 is 0 Å². The van der Waals surface area contributed by atoms with Crippen LogP contribution in [0.3, 0.4) is 0 Å². The third-order valence-corrected chi connectivity index (χ3v) is 4.52. The summed E-state index contributed by atoms with van der Waals surface area (Å²) in [6.07, 6.45) is 1.51. The van der Waals surface area contributed by atoms with Crippen molar-refractivity contribution in [3.63, 3.8) is 0 Å². The van der Waals surface area contributed by atoms with E-state index in [-0.39, 0.29) is 18.2 Å². The number of rotatable bonds is 4. The molecule has 0 aromatic heterocycles. The molecule has 2 aromatic carbocycles. The molecule has 0 radical (unpaired) electrons. The summed E-state index contributed by atoms with van der Waals surface area (Å²) >= 11 is 0. The molecule has 0 saturated heterocycles. The molecule has 0 fully saturated rings. The lowest BCUT2D eigenvalue weighted by Gasteiger charge is -2.17. The number of benzene rings is 2. The molecule has 1 atom stereocenters. The summed E-state index contributed by atoms with van der Waals surface area (Å²) < 4.78 is 0. The van der Waals surface area contributed by atoms with Gasteiger partial charge in [-0.25, -0.2) is 0 Å². The Kier molecular flexibility index (Phi) is 4.76. The average Bonchev–Trinajstić information content (AvgIpc) is 2.59. The molecule has 24 heavy (non-hydrogen) atoms. The molecule has 0 heterocycles. The van der Waals surface area contributed by atoms with Crippen LogP contribution in [0.15, 0.2) is 42.5 Å². The Labute approximate surface area is 141 Å². The molecule has 124 valence electrons. The number of carbonyl (C=O) groups is 2. The van der Waals surface area contributed by atoms with E-state index in [9.17, 15) is 14.7 Å². The molecule has 4 heteroatoms. The fraction of sp³-hybridized carbons (Fsp3) is 0.300. The van der Waals surface area contributed by atoms with Gasteiger partial charge in [-0.3, -0.25) is 9.59 Å². The second kappa shape index (κ2) is 6.97. The summed E-state index contributed by atoms with van der Waals surface area (Å²) in [4.78, 5) is 24.2. The normalized spacial score (nSPS) is 14.8. The minimum absolute atomic E-state index is 0.151. The molecule has 1 unspecified atom stereocenters. The van der Waals surface area contributed by atoms with Crippen LogP contribution in [-0.4, -0.2) is 23.3 Å². The Hall–Kier alpha value is -2.46. The smallest absolute Gasteiger partial charge is 0.251 e. The first-order valence-electron chi connectivity index (χ1n) is 8.24. The zero-order chi connectivity index (χ0) is 17.1. The predicted molar refractivity (Wildman–Crippen MR) is 92.2 cm³/mol. The predicted octanol–water partition coefficient (Wildman–Crippen LogP) is 2.98. The third-order valence-electron chi connectivity index (χ3n) is 4.52. The highest BCUT2D eigenvalue weighted by Gasteiger charge is 2.19. The first-order chi connectivity index (χ1) is 11.6. The van der Waals surface area contributed by atoms with Crippen molar-refractivity contribution in [3.05, 3.63) is 70.3 Å². The number of Topliss-reactive ketones (excluding diaryl/α,β-unsaturated/α-hetero) is 1. The highest BCUT2D eigenvalue weighted by atomic mass is 16.3. The molecule has 1 aliphatic rings. The lowest BCUT2D eigenvalue weighted by molar-refractivity contribution is 0.0913. The van der Waals surface area contributed by atoms with Crippen LogP contribution < -0.4 is 5.32 Å². The molecule has 2 N–H and O–H groups in total. The molecule has 0 bridgehead atoms. The van der Waals surface area contributed by atoms with Crippen LogP contribution in [0.25, 0.3) is 0 Å². The topological polar surface area (TPSA) is 66.4 Å². The van der Waals surface area contributed by atoms with E-state index in [1.165, 1.54) is 0 Å². The number of hydrogen-bond donors (Lipinski definition) is 2. The van der Waals surface area contributed by atoms with E-state index in [4.69, 9.17) is 0 Å². The number of aliphatic hydroxyl groups excluding tert-OH is 1. The molecule has 1 amide bonds. The van der Waals surface area contributed by atoms with Gasteiger partial charge in [0.2, 0.25) is 0 Å². The summed E-state index contributed by atoms with van der Waals surface area (Å²) in [5, 5.41) is 13.0. The molecule has 3 rings (SSSR count). The first kappa shape index (κ1) is 16.4. The number of nitrogens with one attached hydrogen (secondary N) is 1. The van der Waals surface area contributed by atoms with Gasteiger partial charge < -0.3 is 10.4 Å². The van der Waals surface area contributed by atoms with Crippen LogP contribution in [0.1, 0.15) is 56.4 Å². The van der Waals surface area contributed by atoms with E-state index >= 15 is 0 Å². The maximum atomic E-state index is 12.3. The molecule has 1 aliphatic carbocycles. The number of carbonyl (C=O) groups excluding carboxylic acids is 2. The van der Waals surface area contributed by atoms with Gasteiger partial charge in [0.25, 0.3) is 5.91 Å². The average molecular weight is 323 g/mol. The number of aryl methyl sites for hydroxylation is 2. The lowest BCUT2D eigenvalue weighted by Crippen LogP contribution is -2.29. The van der Waals surface area contributed by atoms with Crippen molar-refractivity contribution in [2.45, 2.75) is 32.3 Å². The second-order valence-electron chi connectivity index (χ2n) is 6.23. The monoisotopic (exact) mass is 323 g/mol. The van der Waals surface area contributed by atoms with Gasteiger partial charge in [-0.1, -0.05) is 30.3 Å². The summed E-state index contributed by atoms with van der Waals surface area (Å²) in [7, 11) is 0. The van der Waals surface area contributed by atoms with Crippen molar-refractivity contribution >= 4 is 11.7 Å². The maximum Gasteiger partial charge on any atom is 0.251 e. The zero-order valence-electron chi connectivity index (χ0n) is 13.7. The summed E-state index contributed by atoms with van der Waals surface area (Å²) in [5.74, 6) is -0.0818. The number of hydrogen-bond acceptors (Lipinski definition) is 3. The van der Waals surface area contributed by atoms with Gasteiger partial charge in [-0.05, 0) is 48.6 Å². The first-order valence-corrected chi connectivity index (χ1v) is 8.24. The van der Waals surface area contributed by atoms with E-state index in [0.717, 1.165) is 35.1 Å². The molecule has 0 aliphatic heterocycles. The van der Waals surface area contributed by atoms with E-state index in [2.05, 4.69) is 5.32 Å². The lowest BCUT2D eigenvalue weighted by atomic mass is 9.89. The quantitative estimate of drug-likeness (QED) is 0.909. The fourth-order valence-electron chi connectivity index (χ4n) is 3.15. The standard InChI is InChI=1S/C20H21NO3/c1-13-5-2-3-7-16(13)19(23)12-21-20(24)15-9-10-17-14(11-15)6-4-8-18(17)22/h2-3,5,7,9-11,19,23H,4,6,8,12H2,1H3,(H,21,24). The van der Waals surface area contributed by atoms with Gasteiger partial charge in [0.05, 0.1) is 6.10 Å². The molecule has 0 saturated carbocycles. The van der Waals surface area contributed by atoms with E-state index < -0.39 is 6.10 Å². The van der Waals surface area contributed by atoms with Crippen molar-refractivity contribution in [2.75, 3.05) is 6.54 Å². The van der Waals surface area contributed by atoms with Gasteiger partial charge in [-0.15, -0.1) is 0 Å². The highest BCUT2D eigenvalue weighted by molar-refractivity contribution is 6.00. The number of amides is 1. The van der Waals surface area contributed by atoms with Crippen LogP contribution in [0.2, 0.25) is 0 Å². The van der Waals surface area contributed by atoms with Crippen LogP contribution in [-0.2, 0) is 6.42 Å². The minimum Gasteiger partial charge on any atom is -0.387 e. The van der Waals surface area contributed by atoms with E-state index in [1.54, 1.807) is 18.2 Å². The largest absolute Gasteiger partial charge is 0.387 e.